The summed E-state index contributed by atoms with van der Waals surface area (Å²) in [6, 6.07) is 12.9. The number of piperidine rings is 1. The van der Waals surface area contributed by atoms with Gasteiger partial charge in [0.1, 0.15) is 0 Å². The van der Waals surface area contributed by atoms with E-state index in [0.717, 1.165) is 36.1 Å². The maximum absolute atomic E-state index is 13.1. The molecule has 1 aliphatic rings. The molecule has 148 valence electrons. The number of anilines is 1. The lowest BCUT2D eigenvalue weighted by atomic mass is 9.88. The summed E-state index contributed by atoms with van der Waals surface area (Å²) >= 11 is 0. The Bertz CT molecular complexity index is 1090. The zero-order valence-corrected chi connectivity index (χ0v) is 16.7. The van der Waals surface area contributed by atoms with Gasteiger partial charge < -0.3 is 4.90 Å². The summed E-state index contributed by atoms with van der Waals surface area (Å²) in [5.74, 6) is 0.668. The Labute approximate surface area is 169 Å². The third-order valence-electron chi connectivity index (χ3n) is 5.57. The Morgan fingerprint density at radius 2 is 1.90 bits per heavy atom. The summed E-state index contributed by atoms with van der Waals surface area (Å²) in [5.41, 5.74) is 3.14. The van der Waals surface area contributed by atoms with E-state index in [-0.39, 0.29) is 17.3 Å². The first-order valence-corrected chi connectivity index (χ1v) is 9.88. The van der Waals surface area contributed by atoms with Gasteiger partial charge in [-0.25, -0.2) is 4.98 Å². The van der Waals surface area contributed by atoms with Crippen LogP contribution in [-0.2, 0) is 7.05 Å². The Kier molecular flexibility index (Phi) is 5.25. The summed E-state index contributed by atoms with van der Waals surface area (Å²) in [6.07, 6.45) is 5.11. The number of hydrogen-bond acceptors (Lipinski definition) is 5. The fraction of sp³-hybridized carbons (Fsp3) is 0.304. The average molecular weight is 388 g/mol. The van der Waals surface area contributed by atoms with Gasteiger partial charge in [-0.2, -0.15) is 0 Å². The summed E-state index contributed by atoms with van der Waals surface area (Å²) in [6.45, 7) is 3.31. The molecule has 0 bridgehead atoms. The predicted octanol–water partition coefficient (Wildman–Crippen LogP) is 3.25. The zero-order valence-electron chi connectivity index (χ0n) is 16.7. The third kappa shape index (κ3) is 3.83. The number of hydrogen-bond donors (Lipinski definition) is 0. The fourth-order valence-electron chi connectivity index (χ4n) is 3.92. The number of benzene rings is 1. The minimum atomic E-state index is -0.117. The van der Waals surface area contributed by atoms with Crippen molar-refractivity contribution in [3.05, 3.63) is 76.3 Å². The van der Waals surface area contributed by atoms with Crippen molar-refractivity contribution in [2.24, 2.45) is 13.0 Å². The van der Waals surface area contributed by atoms with E-state index < -0.39 is 0 Å². The van der Waals surface area contributed by atoms with Gasteiger partial charge >= 0.3 is 0 Å². The first-order valence-electron chi connectivity index (χ1n) is 9.88. The molecule has 1 saturated heterocycles. The van der Waals surface area contributed by atoms with Crippen LogP contribution < -0.4 is 10.5 Å². The van der Waals surface area contributed by atoms with Crippen LogP contribution in [0.15, 0.2) is 59.7 Å². The normalized spacial score (nSPS) is 16.6. The molecule has 2 aromatic heterocycles. The molecule has 0 N–H and O–H groups in total. The van der Waals surface area contributed by atoms with Gasteiger partial charge in [0.2, 0.25) is 5.95 Å². The lowest BCUT2D eigenvalue weighted by Gasteiger charge is -2.33. The Morgan fingerprint density at radius 1 is 1.14 bits per heavy atom. The SMILES string of the molecule is Cc1ccccc1C(=O)C1CCCN(c2nc(-c3ccncc3)cc(=O)n2C)C1. The number of pyridine rings is 1. The zero-order chi connectivity index (χ0) is 20.4. The molecular weight excluding hydrogens is 364 g/mol. The molecule has 1 atom stereocenters. The molecule has 3 heterocycles. The second-order valence-electron chi connectivity index (χ2n) is 7.54. The van der Waals surface area contributed by atoms with E-state index in [1.807, 2.05) is 43.3 Å². The molecule has 3 aromatic rings. The molecule has 1 aliphatic heterocycles. The quantitative estimate of drug-likeness (QED) is 0.642. The number of aryl methyl sites for hydroxylation is 1. The molecule has 29 heavy (non-hydrogen) atoms. The molecule has 4 rings (SSSR count). The number of ketones is 1. The van der Waals surface area contributed by atoms with Crippen molar-refractivity contribution in [2.75, 3.05) is 18.0 Å². The molecule has 1 aromatic carbocycles. The van der Waals surface area contributed by atoms with E-state index in [1.165, 1.54) is 0 Å². The van der Waals surface area contributed by atoms with Gasteiger partial charge in [0.05, 0.1) is 5.69 Å². The molecule has 1 unspecified atom stereocenters. The fourth-order valence-corrected chi connectivity index (χ4v) is 3.92. The Balaban J connectivity index is 1.65. The van der Waals surface area contributed by atoms with E-state index in [0.29, 0.717) is 18.2 Å². The second-order valence-corrected chi connectivity index (χ2v) is 7.54. The summed E-state index contributed by atoms with van der Waals surface area (Å²) < 4.78 is 1.56. The van der Waals surface area contributed by atoms with Crippen molar-refractivity contribution >= 4 is 11.7 Å². The molecule has 0 amide bonds. The summed E-state index contributed by atoms with van der Waals surface area (Å²) in [4.78, 5) is 36.5. The van der Waals surface area contributed by atoms with E-state index >= 15 is 0 Å². The van der Waals surface area contributed by atoms with Gasteiger partial charge in [-0.3, -0.25) is 19.1 Å². The van der Waals surface area contributed by atoms with E-state index in [1.54, 1.807) is 30.1 Å². The molecule has 6 nitrogen and oxygen atoms in total. The number of aromatic nitrogens is 3. The van der Waals surface area contributed by atoms with Crippen LogP contribution in [0.25, 0.3) is 11.3 Å². The van der Waals surface area contributed by atoms with E-state index in [9.17, 15) is 9.59 Å². The topological polar surface area (TPSA) is 68.1 Å². The molecule has 0 saturated carbocycles. The van der Waals surface area contributed by atoms with Gasteiger partial charge in [0.15, 0.2) is 5.78 Å². The monoisotopic (exact) mass is 388 g/mol. The molecule has 0 spiro atoms. The number of rotatable bonds is 4. The summed E-state index contributed by atoms with van der Waals surface area (Å²) in [5, 5.41) is 0. The van der Waals surface area contributed by atoms with Crippen LogP contribution in [0, 0.1) is 12.8 Å². The van der Waals surface area contributed by atoms with Gasteiger partial charge in [-0.1, -0.05) is 24.3 Å². The van der Waals surface area contributed by atoms with Crippen LogP contribution in [0.5, 0.6) is 0 Å². The smallest absolute Gasteiger partial charge is 0.255 e. The lowest BCUT2D eigenvalue weighted by Crippen LogP contribution is -2.42. The highest BCUT2D eigenvalue weighted by Gasteiger charge is 2.29. The molecule has 0 aliphatic carbocycles. The van der Waals surface area contributed by atoms with Gasteiger partial charge in [0.25, 0.3) is 5.56 Å². The minimum absolute atomic E-state index is 0.105. The number of carbonyl (C=O) groups excluding carboxylic acids is 1. The highest BCUT2D eigenvalue weighted by Crippen LogP contribution is 2.26. The number of Topliss-reactive ketones (excluding diaryl/α,β-unsaturated/α-hetero) is 1. The van der Waals surface area contributed by atoms with Gasteiger partial charge in [-0.15, -0.1) is 0 Å². The molecule has 1 fully saturated rings. The van der Waals surface area contributed by atoms with Crippen molar-refractivity contribution < 1.29 is 4.79 Å². The van der Waals surface area contributed by atoms with Gasteiger partial charge in [0, 0.05) is 55.6 Å². The van der Waals surface area contributed by atoms with E-state index in [4.69, 9.17) is 4.98 Å². The maximum Gasteiger partial charge on any atom is 0.255 e. The van der Waals surface area contributed by atoms with Crippen LogP contribution in [-0.4, -0.2) is 33.4 Å². The van der Waals surface area contributed by atoms with Crippen molar-refractivity contribution in [2.45, 2.75) is 19.8 Å². The van der Waals surface area contributed by atoms with Crippen LogP contribution in [0.4, 0.5) is 5.95 Å². The van der Waals surface area contributed by atoms with Crippen LogP contribution in [0.3, 0.4) is 0 Å². The van der Waals surface area contributed by atoms with E-state index in [2.05, 4.69) is 9.88 Å². The van der Waals surface area contributed by atoms with Crippen LogP contribution in [0.2, 0.25) is 0 Å². The van der Waals surface area contributed by atoms with Crippen molar-refractivity contribution in [1.82, 2.24) is 14.5 Å². The first kappa shape index (κ1) is 19.1. The highest BCUT2D eigenvalue weighted by molar-refractivity contribution is 5.99. The Morgan fingerprint density at radius 3 is 2.66 bits per heavy atom. The standard InChI is InChI=1S/C23H24N4O2/c1-16-6-3-4-8-19(16)22(29)18-7-5-13-27(15-18)23-25-20(14-21(28)26(23)2)17-9-11-24-12-10-17/h3-4,6,8-12,14,18H,5,7,13,15H2,1-2H3. The molecular formula is C23H24N4O2. The molecule has 0 radical (unpaired) electrons. The van der Waals surface area contributed by atoms with Gasteiger partial charge in [-0.05, 0) is 37.5 Å². The maximum atomic E-state index is 13.1. The number of nitrogens with zero attached hydrogens (tertiary/aromatic N) is 4. The van der Waals surface area contributed by atoms with Crippen molar-refractivity contribution in [1.29, 1.82) is 0 Å². The number of carbonyl (C=O) groups is 1. The minimum Gasteiger partial charge on any atom is -0.341 e. The third-order valence-corrected chi connectivity index (χ3v) is 5.57. The summed E-state index contributed by atoms with van der Waals surface area (Å²) in [7, 11) is 1.73. The predicted molar refractivity (Wildman–Crippen MR) is 113 cm³/mol. The van der Waals surface area contributed by atoms with Crippen molar-refractivity contribution in [3.63, 3.8) is 0 Å². The van der Waals surface area contributed by atoms with Crippen LogP contribution in [0.1, 0.15) is 28.8 Å². The molecule has 6 heteroatoms. The lowest BCUT2D eigenvalue weighted by molar-refractivity contribution is 0.0906. The highest BCUT2D eigenvalue weighted by atomic mass is 16.1. The Hall–Kier alpha value is -3.28. The largest absolute Gasteiger partial charge is 0.341 e. The van der Waals surface area contributed by atoms with Crippen LogP contribution >= 0.6 is 0 Å². The van der Waals surface area contributed by atoms with Crippen molar-refractivity contribution in [3.8, 4) is 11.3 Å². The second kappa shape index (κ2) is 7.99. The first-order chi connectivity index (χ1) is 14.0. The average Bonchev–Trinajstić information content (AvgIpc) is 2.76.